The second-order valence-corrected chi connectivity index (χ2v) is 4.31. The Morgan fingerprint density at radius 3 is 2.83 bits per heavy atom. The molecule has 64 valence electrons. The van der Waals surface area contributed by atoms with Crippen LogP contribution in [0.4, 0.5) is 0 Å². The quantitative estimate of drug-likeness (QED) is 0.656. The van der Waals surface area contributed by atoms with Crippen LogP contribution in [0.5, 0.6) is 0 Å². The van der Waals surface area contributed by atoms with Gasteiger partial charge in [-0.3, -0.25) is 4.79 Å². The van der Waals surface area contributed by atoms with Crippen molar-refractivity contribution in [3.05, 3.63) is 16.1 Å². The number of rotatable bonds is 2. The van der Waals surface area contributed by atoms with E-state index in [9.17, 15) is 4.79 Å². The van der Waals surface area contributed by atoms with E-state index in [4.69, 9.17) is 0 Å². The van der Waals surface area contributed by atoms with Crippen molar-refractivity contribution in [3.8, 4) is 0 Å². The molecule has 12 heavy (non-hydrogen) atoms. The summed E-state index contributed by atoms with van der Waals surface area (Å²) in [6, 6.07) is 0. The van der Waals surface area contributed by atoms with Gasteiger partial charge in [-0.1, -0.05) is 6.42 Å². The van der Waals surface area contributed by atoms with Gasteiger partial charge in [0.25, 0.3) is 0 Å². The lowest BCUT2D eigenvalue weighted by Crippen LogP contribution is -2.07. The molecule has 0 N–H and O–H groups in total. The summed E-state index contributed by atoms with van der Waals surface area (Å²) in [5.41, 5.74) is 0. The van der Waals surface area contributed by atoms with Crippen LogP contribution in [0.15, 0.2) is 6.20 Å². The fraction of sp³-hybridized carbons (Fsp3) is 0.556. The summed E-state index contributed by atoms with van der Waals surface area (Å²) in [6.07, 6.45) is 5.54. The number of Topliss-reactive ketones (excluding diaryl/α,β-unsaturated/α-hetero) is 1. The van der Waals surface area contributed by atoms with Crippen molar-refractivity contribution in [2.75, 3.05) is 0 Å². The lowest BCUT2D eigenvalue weighted by molar-refractivity contribution is 0.102. The first kappa shape index (κ1) is 7.92. The first-order valence-corrected chi connectivity index (χ1v) is 5.05. The number of nitrogens with zero attached hydrogens (tertiary/aromatic N) is 1. The predicted octanol–water partition coefficient (Wildman–Crippen LogP) is 2.61. The maximum atomic E-state index is 11.0. The van der Waals surface area contributed by atoms with Crippen molar-refractivity contribution in [1.29, 1.82) is 0 Å². The SMILES string of the molecule is CC(=O)c1cnc(C2CCC2)s1. The number of hydrogen-bond donors (Lipinski definition) is 0. The number of aromatic nitrogens is 1. The summed E-state index contributed by atoms with van der Waals surface area (Å²) in [7, 11) is 0. The molecule has 0 aliphatic heterocycles. The lowest BCUT2D eigenvalue weighted by Gasteiger charge is -2.22. The van der Waals surface area contributed by atoms with Gasteiger partial charge in [0.1, 0.15) is 0 Å². The fourth-order valence-electron chi connectivity index (χ4n) is 1.29. The van der Waals surface area contributed by atoms with Crippen LogP contribution in [-0.2, 0) is 0 Å². The maximum Gasteiger partial charge on any atom is 0.171 e. The van der Waals surface area contributed by atoms with Crippen LogP contribution in [0, 0.1) is 0 Å². The first-order chi connectivity index (χ1) is 5.77. The topological polar surface area (TPSA) is 30.0 Å². The molecule has 0 unspecified atom stereocenters. The predicted molar refractivity (Wildman–Crippen MR) is 48.7 cm³/mol. The van der Waals surface area contributed by atoms with Crippen LogP contribution < -0.4 is 0 Å². The normalized spacial score (nSPS) is 17.4. The molecule has 0 atom stereocenters. The van der Waals surface area contributed by atoms with Crippen molar-refractivity contribution >= 4 is 17.1 Å². The minimum Gasteiger partial charge on any atom is -0.294 e. The van der Waals surface area contributed by atoms with Gasteiger partial charge in [-0.2, -0.15) is 0 Å². The average Bonchev–Trinajstić information content (AvgIpc) is 2.32. The first-order valence-electron chi connectivity index (χ1n) is 4.24. The van der Waals surface area contributed by atoms with Crippen LogP contribution in [0.2, 0.25) is 0 Å². The zero-order valence-corrected chi connectivity index (χ0v) is 7.86. The number of hydrogen-bond acceptors (Lipinski definition) is 3. The fourth-order valence-corrected chi connectivity index (χ4v) is 2.28. The van der Waals surface area contributed by atoms with Crippen molar-refractivity contribution in [1.82, 2.24) is 4.98 Å². The molecule has 1 saturated carbocycles. The summed E-state index contributed by atoms with van der Waals surface area (Å²) in [5, 5.41) is 1.16. The number of carbonyl (C=O) groups excluding carboxylic acids is 1. The van der Waals surface area contributed by atoms with Crippen LogP contribution >= 0.6 is 11.3 Å². The summed E-state index contributed by atoms with van der Waals surface area (Å²) < 4.78 is 0. The summed E-state index contributed by atoms with van der Waals surface area (Å²) in [4.78, 5) is 16.0. The second-order valence-electron chi connectivity index (χ2n) is 3.25. The molecule has 1 heterocycles. The lowest BCUT2D eigenvalue weighted by atomic mass is 9.86. The highest BCUT2D eigenvalue weighted by molar-refractivity contribution is 7.13. The Labute approximate surface area is 75.6 Å². The second kappa shape index (κ2) is 2.98. The van der Waals surface area contributed by atoms with E-state index in [1.54, 1.807) is 24.5 Å². The third-order valence-electron chi connectivity index (χ3n) is 2.32. The van der Waals surface area contributed by atoms with E-state index in [2.05, 4.69) is 4.98 Å². The Hall–Kier alpha value is -0.700. The van der Waals surface area contributed by atoms with Gasteiger partial charge in [-0.15, -0.1) is 11.3 Å². The molecule has 1 aliphatic carbocycles. The molecule has 0 amide bonds. The van der Waals surface area contributed by atoms with Crippen LogP contribution in [0.1, 0.15) is 46.8 Å². The third kappa shape index (κ3) is 1.29. The van der Waals surface area contributed by atoms with Crippen molar-refractivity contribution < 1.29 is 4.79 Å². The molecule has 3 heteroatoms. The van der Waals surface area contributed by atoms with Gasteiger partial charge in [0.15, 0.2) is 5.78 Å². The Balaban J connectivity index is 2.17. The summed E-state index contributed by atoms with van der Waals surface area (Å²) >= 11 is 1.56. The molecule has 1 aromatic rings. The van der Waals surface area contributed by atoms with Crippen LogP contribution in [0.25, 0.3) is 0 Å². The van der Waals surface area contributed by atoms with E-state index in [1.807, 2.05) is 0 Å². The van der Waals surface area contributed by atoms with Gasteiger partial charge in [-0.05, 0) is 12.8 Å². The Kier molecular flexibility index (Phi) is 1.97. The van der Waals surface area contributed by atoms with E-state index in [0.29, 0.717) is 5.92 Å². The van der Waals surface area contributed by atoms with Gasteiger partial charge >= 0.3 is 0 Å². The Bertz CT molecular complexity index is 301. The molecule has 2 rings (SSSR count). The summed E-state index contributed by atoms with van der Waals surface area (Å²) in [5.74, 6) is 0.793. The summed E-state index contributed by atoms with van der Waals surface area (Å²) in [6.45, 7) is 1.60. The highest BCUT2D eigenvalue weighted by atomic mass is 32.1. The number of thiazole rings is 1. The largest absolute Gasteiger partial charge is 0.294 e. The minimum atomic E-state index is 0.137. The molecular formula is C9H11NOS. The molecule has 0 radical (unpaired) electrons. The molecule has 0 saturated heterocycles. The molecule has 0 bridgehead atoms. The van der Waals surface area contributed by atoms with Crippen molar-refractivity contribution in [2.45, 2.75) is 32.1 Å². The third-order valence-corrected chi connectivity index (χ3v) is 3.59. The highest BCUT2D eigenvalue weighted by Crippen LogP contribution is 2.38. The van der Waals surface area contributed by atoms with Crippen molar-refractivity contribution in [2.24, 2.45) is 0 Å². The van der Waals surface area contributed by atoms with Crippen LogP contribution in [0.3, 0.4) is 0 Å². The van der Waals surface area contributed by atoms with E-state index >= 15 is 0 Å². The van der Waals surface area contributed by atoms with Gasteiger partial charge in [0, 0.05) is 19.0 Å². The minimum absolute atomic E-state index is 0.137. The van der Waals surface area contributed by atoms with E-state index in [1.165, 1.54) is 19.3 Å². The van der Waals surface area contributed by atoms with Gasteiger partial charge < -0.3 is 0 Å². The van der Waals surface area contributed by atoms with E-state index in [0.717, 1.165) is 9.88 Å². The Morgan fingerprint density at radius 2 is 2.42 bits per heavy atom. The van der Waals surface area contributed by atoms with Crippen LogP contribution in [-0.4, -0.2) is 10.8 Å². The maximum absolute atomic E-state index is 11.0. The molecule has 1 aliphatic rings. The van der Waals surface area contributed by atoms with Gasteiger partial charge in [0.2, 0.25) is 0 Å². The van der Waals surface area contributed by atoms with Gasteiger partial charge in [-0.25, -0.2) is 4.98 Å². The van der Waals surface area contributed by atoms with Gasteiger partial charge in [0.05, 0.1) is 9.88 Å². The standard InChI is InChI=1S/C9H11NOS/c1-6(11)8-5-10-9(12-8)7-3-2-4-7/h5,7H,2-4H2,1H3. The smallest absolute Gasteiger partial charge is 0.171 e. The average molecular weight is 181 g/mol. The molecule has 1 aromatic heterocycles. The zero-order valence-electron chi connectivity index (χ0n) is 7.04. The van der Waals surface area contributed by atoms with Crippen molar-refractivity contribution in [3.63, 3.8) is 0 Å². The molecule has 1 fully saturated rings. The number of ketones is 1. The zero-order chi connectivity index (χ0) is 8.55. The molecular weight excluding hydrogens is 170 g/mol. The van der Waals surface area contributed by atoms with E-state index < -0.39 is 0 Å². The Morgan fingerprint density at radius 1 is 1.67 bits per heavy atom. The van der Waals surface area contributed by atoms with E-state index in [-0.39, 0.29) is 5.78 Å². The molecule has 2 nitrogen and oxygen atoms in total. The molecule has 0 spiro atoms. The highest BCUT2D eigenvalue weighted by Gasteiger charge is 2.22. The number of carbonyl (C=O) groups is 1. The molecule has 0 aromatic carbocycles. The monoisotopic (exact) mass is 181 g/mol.